The summed E-state index contributed by atoms with van der Waals surface area (Å²) in [6.45, 7) is 1.69. The molecule has 0 atom stereocenters. The summed E-state index contributed by atoms with van der Waals surface area (Å²) in [7, 11) is 4.81. The number of hydrogen-bond acceptors (Lipinski definition) is 7. The van der Waals surface area contributed by atoms with Gasteiger partial charge in [0.25, 0.3) is 5.91 Å². The van der Waals surface area contributed by atoms with Crippen LogP contribution in [0.25, 0.3) is 0 Å². The minimum absolute atomic E-state index is 0.0207. The first kappa shape index (κ1) is 26.3. The number of nitrogens with zero attached hydrogens (tertiary/aromatic N) is 2. The number of ether oxygens (including phenoxy) is 3. The van der Waals surface area contributed by atoms with Crippen LogP contribution in [-0.4, -0.2) is 69.2 Å². The molecule has 0 N–H and O–H groups in total. The molecule has 0 aliphatic carbocycles. The Morgan fingerprint density at radius 1 is 0.971 bits per heavy atom. The summed E-state index contributed by atoms with van der Waals surface area (Å²) in [6, 6.07) is 13.0. The molecule has 2 amide bonds. The van der Waals surface area contributed by atoms with Crippen molar-refractivity contribution in [3.05, 3.63) is 70.3 Å². The number of furan rings is 1. The maximum atomic E-state index is 13.4. The van der Waals surface area contributed by atoms with E-state index >= 15 is 0 Å². The van der Waals surface area contributed by atoms with Crippen molar-refractivity contribution in [2.45, 2.75) is 19.4 Å². The van der Waals surface area contributed by atoms with E-state index in [9.17, 15) is 9.59 Å². The number of hydrogen-bond donors (Lipinski definition) is 0. The fourth-order valence-electron chi connectivity index (χ4n) is 3.65. The molecule has 0 unspecified atom stereocenters. The molecule has 0 aliphatic rings. The quantitative estimate of drug-likeness (QED) is 0.310. The average molecular weight is 501 g/mol. The largest absolute Gasteiger partial charge is 0.493 e. The third-order valence-electron chi connectivity index (χ3n) is 5.52. The van der Waals surface area contributed by atoms with E-state index in [1.54, 1.807) is 49.5 Å². The molecule has 0 bridgehead atoms. The van der Waals surface area contributed by atoms with E-state index in [1.807, 2.05) is 35.7 Å². The Balaban J connectivity index is 1.74. The lowest BCUT2D eigenvalue weighted by Gasteiger charge is -2.27. The Kier molecular flexibility index (Phi) is 10.2. The molecule has 2 heterocycles. The molecule has 188 valence electrons. The zero-order chi connectivity index (χ0) is 25.0. The molecule has 0 aliphatic heterocycles. The maximum absolute atomic E-state index is 13.4. The first-order valence-corrected chi connectivity index (χ1v) is 12.3. The number of amides is 2. The van der Waals surface area contributed by atoms with E-state index < -0.39 is 0 Å². The summed E-state index contributed by atoms with van der Waals surface area (Å²) in [6.07, 6.45) is 2.84. The van der Waals surface area contributed by atoms with Gasteiger partial charge in [-0.25, -0.2) is 0 Å². The number of benzene rings is 1. The summed E-state index contributed by atoms with van der Waals surface area (Å²) in [4.78, 5) is 30.4. The third-order valence-corrected chi connectivity index (χ3v) is 6.38. The highest BCUT2D eigenvalue weighted by atomic mass is 32.1. The van der Waals surface area contributed by atoms with Gasteiger partial charge in [0.2, 0.25) is 5.91 Å². The predicted molar refractivity (Wildman–Crippen MR) is 134 cm³/mol. The van der Waals surface area contributed by atoms with Gasteiger partial charge in [-0.05, 0) is 54.1 Å². The Morgan fingerprint density at radius 2 is 1.80 bits per heavy atom. The molecular weight excluding hydrogens is 468 g/mol. The van der Waals surface area contributed by atoms with Gasteiger partial charge >= 0.3 is 0 Å². The van der Waals surface area contributed by atoms with Gasteiger partial charge < -0.3 is 28.4 Å². The van der Waals surface area contributed by atoms with Crippen molar-refractivity contribution in [3.8, 4) is 11.5 Å². The highest BCUT2D eigenvalue weighted by Gasteiger charge is 2.23. The second kappa shape index (κ2) is 13.6. The first-order chi connectivity index (χ1) is 17.0. The Hall–Kier alpha value is -3.30. The van der Waals surface area contributed by atoms with Crippen LogP contribution in [0.3, 0.4) is 0 Å². The predicted octanol–water partition coefficient (Wildman–Crippen LogP) is 4.11. The molecule has 3 aromatic rings. The van der Waals surface area contributed by atoms with Crippen LogP contribution >= 0.6 is 11.3 Å². The lowest BCUT2D eigenvalue weighted by atomic mass is 10.1. The molecule has 3 rings (SSSR count). The monoisotopic (exact) mass is 500 g/mol. The molecule has 8 nitrogen and oxygen atoms in total. The second-order valence-electron chi connectivity index (χ2n) is 7.88. The van der Waals surface area contributed by atoms with Gasteiger partial charge in [0, 0.05) is 26.8 Å². The molecule has 1 aromatic carbocycles. The number of methoxy groups -OCH3 is 3. The third kappa shape index (κ3) is 7.60. The van der Waals surface area contributed by atoms with Crippen LogP contribution in [0, 0.1) is 0 Å². The summed E-state index contributed by atoms with van der Waals surface area (Å²) in [5, 5.41) is 1.86. The topological polar surface area (TPSA) is 81.5 Å². The van der Waals surface area contributed by atoms with E-state index in [-0.39, 0.29) is 18.4 Å². The van der Waals surface area contributed by atoms with Crippen LogP contribution in [0.5, 0.6) is 11.5 Å². The lowest BCUT2D eigenvalue weighted by Crippen LogP contribution is -2.43. The van der Waals surface area contributed by atoms with E-state index in [2.05, 4.69) is 0 Å². The zero-order valence-corrected chi connectivity index (χ0v) is 21.2. The lowest BCUT2D eigenvalue weighted by molar-refractivity contribution is -0.132. The summed E-state index contributed by atoms with van der Waals surface area (Å²) in [5.41, 5.74) is 1.01. The molecule has 9 heteroatoms. The van der Waals surface area contributed by atoms with E-state index in [0.717, 1.165) is 5.56 Å². The maximum Gasteiger partial charge on any atom is 0.264 e. The van der Waals surface area contributed by atoms with Gasteiger partial charge in [-0.2, -0.15) is 0 Å². The SMILES string of the molecule is COCCCN(CC(=O)N(CCc1ccc(OC)c(OC)c1)Cc1ccco1)C(=O)c1cccs1. The minimum atomic E-state index is -0.151. The van der Waals surface area contributed by atoms with Crippen LogP contribution < -0.4 is 9.47 Å². The molecular formula is C26H32N2O6S. The Labute approximate surface area is 210 Å². The zero-order valence-electron chi connectivity index (χ0n) is 20.4. The van der Waals surface area contributed by atoms with Crippen molar-refractivity contribution in [2.24, 2.45) is 0 Å². The second-order valence-corrected chi connectivity index (χ2v) is 8.83. The minimum Gasteiger partial charge on any atom is -0.493 e. The van der Waals surface area contributed by atoms with Crippen molar-refractivity contribution in [1.82, 2.24) is 9.80 Å². The van der Waals surface area contributed by atoms with Gasteiger partial charge in [0.1, 0.15) is 12.3 Å². The van der Waals surface area contributed by atoms with Crippen LogP contribution in [0.15, 0.2) is 58.5 Å². The van der Waals surface area contributed by atoms with Gasteiger partial charge in [-0.15, -0.1) is 11.3 Å². The Bertz CT molecular complexity index is 1050. The highest BCUT2D eigenvalue weighted by Crippen LogP contribution is 2.28. The van der Waals surface area contributed by atoms with Crippen LogP contribution in [0.1, 0.15) is 27.4 Å². The summed E-state index contributed by atoms with van der Waals surface area (Å²) >= 11 is 1.37. The smallest absolute Gasteiger partial charge is 0.264 e. The number of carbonyl (C=O) groups excluding carboxylic acids is 2. The van der Waals surface area contributed by atoms with Gasteiger partial charge in [0.05, 0.1) is 31.9 Å². The fourth-order valence-corrected chi connectivity index (χ4v) is 4.35. The van der Waals surface area contributed by atoms with Gasteiger partial charge in [0.15, 0.2) is 11.5 Å². The van der Waals surface area contributed by atoms with E-state index in [0.29, 0.717) is 61.2 Å². The first-order valence-electron chi connectivity index (χ1n) is 11.4. The standard InChI is InChI=1S/C26H32N2O6S/c1-31-14-6-12-28(26(30)24-8-5-16-35-24)19-25(29)27(18-21-7-4-15-34-21)13-11-20-9-10-22(32-2)23(17-20)33-3/h4-5,7-10,15-17H,6,11-14,18-19H2,1-3H3. The Morgan fingerprint density at radius 3 is 2.46 bits per heavy atom. The van der Waals surface area contributed by atoms with Crippen molar-refractivity contribution in [3.63, 3.8) is 0 Å². The molecule has 2 aromatic heterocycles. The molecule has 0 radical (unpaired) electrons. The molecule has 0 saturated carbocycles. The summed E-state index contributed by atoms with van der Waals surface area (Å²) < 4.78 is 21.4. The number of carbonyl (C=O) groups is 2. The molecule has 35 heavy (non-hydrogen) atoms. The molecule has 0 spiro atoms. The van der Waals surface area contributed by atoms with Crippen LogP contribution in [-0.2, 0) is 22.5 Å². The molecule has 0 fully saturated rings. The van der Waals surface area contributed by atoms with Crippen LogP contribution in [0.4, 0.5) is 0 Å². The van der Waals surface area contributed by atoms with Crippen molar-refractivity contribution in [1.29, 1.82) is 0 Å². The van der Waals surface area contributed by atoms with Crippen molar-refractivity contribution < 1.29 is 28.2 Å². The van der Waals surface area contributed by atoms with Gasteiger partial charge in [-0.3, -0.25) is 9.59 Å². The van der Waals surface area contributed by atoms with Crippen LogP contribution in [0.2, 0.25) is 0 Å². The van der Waals surface area contributed by atoms with Crippen molar-refractivity contribution in [2.75, 3.05) is 47.6 Å². The normalized spacial score (nSPS) is 10.7. The highest BCUT2D eigenvalue weighted by molar-refractivity contribution is 7.12. The van der Waals surface area contributed by atoms with Crippen molar-refractivity contribution >= 4 is 23.2 Å². The van der Waals surface area contributed by atoms with E-state index in [1.165, 1.54) is 11.3 Å². The average Bonchev–Trinajstić information content (AvgIpc) is 3.60. The van der Waals surface area contributed by atoms with E-state index in [4.69, 9.17) is 18.6 Å². The summed E-state index contributed by atoms with van der Waals surface area (Å²) in [5.74, 6) is 1.67. The van der Waals surface area contributed by atoms with Gasteiger partial charge in [-0.1, -0.05) is 12.1 Å². The fraction of sp³-hybridized carbons (Fsp3) is 0.385. The molecule has 0 saturated heterocycles. The number of thiophene rings is 1. The number of rotatable bonds is 14.